The minimum atomic E-state index is -0.846. The molecule has 0 spiro atoms. The Kier molecular flexibility index (Phi) is 5.38. The highest BCUT2D eigenvalue weighted by molar-refractivity contribution is 6.44. The summed E-state index contributed by atoms with van der Waals surface area (Å²) in [5.74, 6) is -1.73. The van der Waals surface area contributed by atoms with Crippen LogP contribution in [0.1, 0.15) is 5.56 Å². The molecule has 2 aromatic carbocycles. The molecule has 0 saturated carbocycles. The molecule has 0 bridgehead atoms. The van der Waals surface area contributed by atoms with Crippen LogP contribution >= 0.6 is 0 Å². The number of carbonyl (C=O) groups excluding carboxylic acids is 2. The zero-order chi connectivity index (χ0) is 18.5. The maximum atomic E-state index is 12.3. The lowest BCUT2D eigenvalue weighted by Crippen LogP contribution is -2.37. The number of ether oxygens (including phenoxy) is 1. The Bertz CT molecular complexity index is 816. The van der Waals surface area contributed by atoms with Crippen molar-refractivity contribution >= 4 is 28.9 Å². The molecule has 0 atom stereocenters. The summed E-state index contributed by atoms with van der Waals surface area (Å²) in [5.41, 5.74) is 2.44. The Hall–Kier alpha value is -3.06. The number of nitrogens with one attached hydrogen (secondary N) is 2. The number of carbonyl (C=O) groups is 2. The molecule has 2 amide bonds. The van der Waals surface area contributed by atoms with Crippen LogP contribution in [0.3, 0.4) is 0 Å². The van der Waals surface area contributed by atoms with E-state index in [-0.39, 0.29) is 11.4 Å². The van der Waals surface area contributed by atoms with Crippen LogP contribution in [0, 0.1) is 6.92 Å². The molecule has 0 radical (unpaired) electrons. The van der Waals surface area contributed by atoms with Crippen LogP contribution in [0.15, 0.2) is 42.5 Å². The van der Waals surface area contributed by atoms with E-state index in [1.54, 1.807) is 24.3 Å². The minimum Gasteiger partial charge on any atom is -0.506 e. The number of hydrogen-bond acceptors (Lipinski definition) is 5. The van der Waals surface area contributed by atoms with Gasteiger partial charge in [-0.05, 0) is 36.8 Å². The average molecular weight is 355 g/mol. The summed E-state index contributed by atoms with van der Waals surface area (Å²) in [6.45, 7) is 4.50. The van der Waals surface area contributed by atoms with Gasteiger partial charge in [-0.15, -0.1) is 0 Å². The van der Waals surface area contributed by atoms with E-state index in [1.165, 1.54) is 6.07 Å². The maximum Gasteiger partial charge on any atom is 0.314 e. The molecular formula is C19H21N3O4. The fraction of sp³-hybridized carbons (Fsp3) is 0.263. The number of phenols is 1. The van der Waals surface area contributed by atoms with E-state index in [2.05, 4.69) is 15.5 Å². The van der Waals surface area contributed by atoms with Crippen molar-refractivity contribution in [3.63, 3.8) is 0 Å². The molecule has 1 saturated heterocycles. The van der Waals surface area contributed by atoms with Gasteiger partial charge in [-0.2, -0.15) is 0 Å². The van der Waals surface area contributed by atoms with Crippen molar-refractivity contribution in [2.75, 3.05) is 41.8 Å². The molecule has 0 unspecified atom stereocenters. The summed E-state index contributed by atoms with van der Waals surface area (Å²) in [7, 11) is 0. The highest BCUT2D eigenvalue weighted by atomic mass is 16.5. The fourth-order valence-electron chi connectivity index (χ4n) is 2.76. The van der Waals surface area contributed by atoms with Gasteiger partial charge < -0.3 is 25.4 Å². The lowest BCUT2D eigenvalue weighted by Gasteiger charge is -2.30. The van der Waals surface area contributed by atoms with Gasteiger partial charge in [0.05, 0.1) is 30.3 Å². The topological polar surface area (TPSA) is 90.9 Å². The van der Waals surface area contributed by atoms with Gasteiger partial charge in [0.15, 0.2) is 0 Å². The van der Waals surface area contributed by atoms with Crippen molar-refractivity contribution in [1.82, 2.24) is 0 Å². The number of phenolic OH excluding ortho intramolecular Hbond substituents is 1. The molecule has 1 aliphatic rings. The lowest BCUT2D eigenvalue weighted by molar-refractivity contribution is -0.133. The van der Waals surface area contributed by atoms with Gasteiger partial charge >= 0.3 is 11.8 Å². The van der Waals surface area contributed by atoms with Gasteiger partial charge in [-0.25, -0.2) is 0 Å². The Labute approximate surface area is 151 Å². The lowest BCUT2D eigenvalue weighted by atomic mass is 10.2. The first kappa shape index (κ1) is 17.8. The first-order chi connectivity index (χ1) is 12.5. The molecule has 7 heteroatoms. The monoisotopic (exact) mass is 355 g/mol. The number of amides is 2. The Morgan fingerprint density at radius 1 is 1.00 bits per heavy atom. The van der Waals surface area contributed by atoms with E-state index in [0.29, 0.717) is 18.9 Å². The van der Waals surface area contributed by atoms with E-state index in [0.717, 1.165) is 24.3 Å². The van der Waals surface area contributed by atoms with Crippen molar-refractivity contribution in [2.45, 2.75) is 6.92 Å². The van der Waals surface area contributed by atoms with Crippen molar-refractivity contribution in [2.24, 2.45) is 0 Å². The molecule has 7 nitrogen and oxygen atoms in total. The van der Waals surface area contributed by atoms with Gasteiger partial charge in [0.2, 0.25) is 0 Å². The third kappa shape index (κ3) is 4.12. The smallest absolute Gasteiger partial charge is 0.314 e. The predicted octanol–water partition coefficient (Wildman–Crippen LogP) is 2.11. The highest BCUT2D eigenvalue weighted by Crippen LogP contribution is 2.27. The standard InChI is InChI=1S/C19H21N3O4/c1-13-6-7-15(17(23)12-13)21-19(25)18(24)20-14-4-2-3-5-16(14)22-8-10-26-11-9-22/h2-7,12,23H,8-11H2,1H3,(H,20,24)(H,21,25). The van der Waals surface area contributed by atoms with Gasteiger partial charge in [0, 0.05) is 13.1 Å². The van der Waals surface area contributed by atoms with Crippen LogP contribution in [0.2, 0.25) is 0 Å². The van der Waals surface area contributed by atoms with Crippen molar-refractivity contribution in [3.8, 4) is 5.75 Å². The normalized spacial score (nSPS) is 14.0. The van der Waals surface area contributed by atoms with Gasteiger partial charge in [0.1, 0.15) is 5.75 Å². The van der Waals surface area contributed by atoms with Crippen LogP contribution in [-0.4, -0.2) is 43.2 Å². The number of hydrogen-bond donors (Lipinski definition) is 3. The molecule has 1 heterocycles. The molecule has 3 N–H and O–H groups in total. The number of benzene rings is 2. The quantitative estimate of drug-likeness (QED) is 0.579. The van der Waals surface area contributed by atoms with Crippen LogP contribution in [0.25, 0.3) is 0 Å². The summed E-state index contributed by atoms with van der Waals surface area (Å²) in [4.78, 5) is 26.6. The molecule has 0 aliphatic carbocycles. The molecule has 1 fully saturated rings. The molecule has 136 valence electrons. The van der Waals surface area contributed by atoms with E-state index >= 15 is 0 Å². The van der Waals surface area contributed by atoms with Gasteiger partial charge in [-0.3, -0.25) is 9.59 Å². The third-order valence-electron chi connectivity index (χ3n) is 4.11. The fourth-order valence-corrected chi connectivity index (χ4v) is 2.76. The Morgan fingerprint density at radius 2 is 1.65 bits per heavy atom. The van der Waals surface area contributed by atoms with Crippen molar-refractivity contribution in [3.05, 3.63) is 48.0 Å². The van der Waals surface area contributed by atoms with E-state index in [4.69, 9.17) is 4.74 Å². The van der Waals surface area contributed by atoms with Gasteiger partial charge in [0.25, 0.3) is 0 Å². The van der Waals surface area contributed by atoms with Crippen molar-refractivity contribution in [1.29, 1.82) is 0 Å². The zero-order valence-corrected chi connectivity index (χ0v) is 14.5. The SMILES string of the molecule is Cc1ccc(NC(=O)C(=O)Nc2ccccc2N2CCOCC2)c(O)c1. The second-order valence-electron chi connectivity index (χ2n) is 6.05. The molecule has 26 heavy (non-hydrogen) atoms. The van der Waals surface area contributed by atoms with Crippen LogP contribution in [0.4, 0.5) is 17.1 Å². The molecule has 1 aliphatic heterocycles. The Morgan fingerprint density at radius 3 is 2.35 bits per heavy atom. The summed E-state index contributed by atoms with van der Waals surface area (Å²) >= 11 is 0. The number of nitrogens with zero attached hydrogens (tertiary/aromatic N) is 1. The van der Waals surface area contributed by atoms with Gasteiger partial charge in [-0.1, -0.05) is 18.2 Å². The summed E-state index contributed by atoms with van der Waals surface area (Å²) in [5, 5.41) is 14.9. The largest absolute Gasteiger partial charge is 0.506 e. The number of aryl methyl sites for hydroxylation is 1. The summed E-state index contributed by atoms with van der Waals surface area (Å²) < 4.78 is 5.35. The number of rotatable bonds is 3. The predicted molar refractivity (Wildman–Crippen MR) is 99.6 cm³/mol. The van der Waals surface area contributed by atoms with Crippen LogP contribution < -0.4 is 15.5 Å². The molecule has 3 rings (SSSR count). The Balaban J connectivity index is 1.70. The molecule has 0 aromatic heterocycles. The van der Waals surface area contributed by atoms with E-state index in [9.17, 15) is 14.7 Å². The minimum absolute atomic E-state index is 0.0835. The number of morpholine rings is 1. The first-order valence-electron chi connectivity index (χ1n) is 8.38. The molecular weight excluding hydrogens is 334 g/mol. The number of para-hydroxylation sites is 2. The van der Waals surface area contributed by atoms with E-state index < -0.39 is 11.8 Å². The second kappa shape index (κ2) is 7.88. The number of aromatic hydroxyl groups is 1. The summed E-state index contributed by atoms with van der Waals surface area (Å²) in [6.07, 6.45) is 0. The number of anilines is 3. The first-order valence-corrected chi connectivity index (χ1v) is 8.38. The maximum absolute atomic E-state index is 12.3. The third-order valence-corrected chi connectivity index (χ3v) is 4.11. The van der Waals surface area contributed by atoms with Crippen LogP contribution in [-0.2, 0) is 14.3 Å². The summed E-state index contributed by atoms with van der Waals surface area (Å²) in [6, 6.07) is 12.1. The van der Waals surface area contributed by atoms with E-state index in [1.807, 2.05) is 19.1 Å². The second-order valence-corrected chi connectivity index (χ2v) is 6.05. The highest BCUT2D eigenvalue weighted by Gasteiger charge is 2.19. The average Bonchev–Trinajstić information content (AvgIpc) is 2.65. The molecule has 2 aromatic rings. The van der Waals surface area contributed by atoms with Crippen molar-refractivity contribution < 1.29 is 19.4 Å². The zero-order valence-electron chi connectivity index (χ0n) is 14.5. The van der Waals surface area contributed by atoms with Crippen LogP contribution in [0.5, 0.6) is 5.75 Å².